The number of aryl methyl sites for hydroxylation is 2. The molecule has 4 rings (SSSR count). The number of rotatable bonds is 3. The molecule has 0 fully saturated rings. The van der Waals surface area contributed by atoms with Crippen LogP contribution in [-0.4, -0.2) is 27.5 Å². The van der Waals surface area contributed by atoms with Crippen LogP contribution in [0.25, 0.3) is 0 Å². The normalized spacial score (nSPS) is 13.2. The molecule has 27 heavy (non-hydrogen) atoms. The highest BCUT2D eigenvalue weighted by molar-refractivity contribution is 5.92. The molecule has 2 heterocycles. The maximum Gasteiger partial charge on any atom is 0.274 e. The number of hydrogen-bond acceptors (Lipinski definition) is 4. The minimum absolute atomic E-state index is 0.0735. The highest BCUT2D eigenvalue weighted by Gasteiger charge is 2.22. The maximum atomic E-state index is 12.8. The number of nitrogens with zero attached hydrogens (tertiary/aromatic N) is 3. The number of carbonyl (C=O) groups excluding carboxylic acids is 1. The van der Waals surface area contributed by atoms with Gasteiger partial charge in [0, 0.05) is 18.8 Å². The molecule has 136 valence electrons. The van der Waals surface area contributed by atoms with Gasteiger partial charge in [-0.25, -0.2) is 0 Å². The third-order valence-electron chi connectivity index (χ3n) is 5.04. The summed E-state index contributed by atoms with van der Waals surface area (Å²) in [5, 5.41) is 11.7. The van der Waals surface area contributed by atoms with Crippen LogP contribution in [0.3, 0.4) is 0 Å². The van der Waals surface area contributed by atoms with Crippen molar-refractivity contribution in [1.29, 1.82) is 0 Å². The molecule has 5 nitrogen and oxygen atoms in total. The Morgan fingerprint density at radius 1 is 0.926 bits per heavy atom. The van der Waals surface area contributed by atoms with Gasteiger partial charge >= 0.3 is 0 Å². The van der Waals surface area contributed by atoms with E-state index < -0.39 is 0 Å². The van der Waals surface area contributed by atoms with E-state index in [-0.39, 0.29) is 5.91 Å². The zero-order valence-electron chi connectivity index (χ0n) is 15.6. The number of carbonyl (C=O) groups is 1. The van der Waals surface area contributed by atoms with Gasteiger partial charge in [-0.3, -0.25) is 4.79 Å². The topological polar surface area (TPSA) is 58.1 Å². The molecular formula is C22H22N4O. The van der Waals surface area contributed by atoms with Gasteiger partial charge in [-0.05, 0) is 54.7 Å². The van der Waals surface area contributed by atoms with Crippen molar-refractivity contribution >= 4 is 17.4 Å². The fourth-order valence-corrected chi connectivity index (χ4v) is 3.48. The van der Waals surface area contributed by atoms with Gasteiger partial charge in [0.2, 0.25) is 0 Å². The maximum absolute atomic E-state index is 12.8. The predicted octanol–water partition coefficient (Wildman–Crippen LogP) is 4.04. The van der Waals surface area contributed by atoms with Gasteiger partial charge in [-0.2, -0.15) is 0 Å². The summed E-state index contributed by atoms with van der Waals surface area (Å²) >= 11 is 0. The Kier molecular flexibility index (Phi) is 4.59. The molecular weight excluding hydrogens is 336 g/mol. The summed E-state index contributed by atoms with van der Waals surface area (Å²) in [4.78, 5) is 14.6. The number of benzene rings is 2. The van der Waals surface area contributed by atoms with Gasteiger partial charge < -0.3 is 10.2 Å². The van der Waals surface area contributed by atoms with Crippen LogP contribution in [0.15, 0.2) is 54.6 Å². The summed E-state index contributed by atoms with van der Waals surface area (Å²) in [6.45, 7) is 5.43. The predicted molar refractivity (Wildman–Crippen MR) is 106 cm³/mol. The fraction of sp³-hybridized carbons (Fsp3) is 0.227. The number of hydrogen-bond donors (Lipinski definition) is 1. The summed E-state index contributed by atoms with van der Waals surface area (Å²) in [7, 11) is 0. The Bertz CT molecular complexity index is 962. The van der Waals surface area contributed by atoms with Gasteiger partial charge in [0.15, 0.2) is 11.5 Å². The summed E-state index contributed by atoms with van der Waals surface area (Å²) < 4.78 is 0. The van der Waals surface area contributed by atoms with Crippen LogP contribution in [0, 0.1) is 13.8 Å². The first kappa shape index (κ1) is 17.2. The van der Waals surface area contributed by atoms with Crippen LogP contribution in [0.5, 0.6) is 0 Å². The van der Waals surface area contributed by atoms with Crippen molar-refractivity contribution in [2.75, 3.05) is 11.9 Å². The molecule has 0 saturated carbocycles. The van der Waals surface area contributed by atoms with Crippen molar-refractivity contribution in [1.82, 2.24) is 15.1 Å². The molecule has 0 unspecified atom stereocenters. The molecule has 1 aliphatic heterocycles. The fourth-order valence-electron chi connectivity index (χ4n) is 3.48. The van der Waals surface area contributed by atoms with Crippen LogP contribution in [-0.2, 0) is 13.0 Å². The van der Waals surface area contributed by atoms with E-state index in [9.17, 15) is 4.79 Å². The molecule has 0 bridgehead atoms. The van der Waals surface area contributed by atoms with Gasteiger partial charge in [0.1, 0.15) is 0 Å². The first-order chi connectivity index (χ1) is 13.1. The lowest BCUT2D eigenvalue weighted by Crippen LogP contribution is -2.36. The molecule has 0 saturated heterocycles. The third-order valence-corrected chi connectivity index (χ3v) is 5.04. The Morgan fingerprint density at radius 2 is 1.67 bits per heavy atom. The number of aromatic nitrogens is 2. The van der Waals surface area contributed by atoms with Crippen molar-refractivity contribution in [3.8, 4) is 0 Å². The molecule has 0 atom stereocenters. The number of nitrogens with one attached hydrogen (secondary N) is 1. The second-order valence-electron chi connectivity index (χ2n) is 6.94. The smallest absolute Gasteiger partial charge is 0.274 e. The molecule has 5 heteroatoms. The van der Waals surface area contributed by atoms with Crippen LogP contribution in [0.2, 0.25) is 0 Å². The lowest BCUT2D eigenvalue weighted by Gasteiger charge is -2.28. The van der Waals surface area contributed by atoms with Crippen molar-refractivity contribution in [3.63, 3.8) is 0 Å². The molecule has 0 radical (unpaired) electrons. The molecule has 2 aromatic carbocycles. The summed E-state index contributed by atoms with van der Waals surface area (Å²) in [6.07, 6.45) is 0.877. The zero-order chi connectivity index (χ0) is 18.8. The number of fused-ring (bicyclic) bond motifs is 1. The van der Waals surface area contributed by atoms with E-state index in [1.54, 1.807) is 6.07 Å². The monoisotopic (exact) mass is 358 g/mol. The van der Waals surface area contributed by atoms with Crippen LogP contribution < -0.4 is 5.32 Å². The lowest BCUT2D eigenvalue weighted by molar-refractivity contribution is 0.0727. The summed E-state index contributed by atoms with van der Waals surface area (Å²) in [6, 6.07) is 18.0. The quantitative estimate of drug-likeness (QED) is 0.768. The average molecular weight is 358 g/mol. The van der Waals surface area contributed by atoms with Gasteiger partial charge in [-0.1, -0.05) is 42.5 Å². The van der Waals surface area contributed by atoms with Gasteiger partial charge in [0.25, 0.3) is 5.91 Å². The van der Waals surface area contributed by atoms with Crippen LogP contribution in [0.1, 0.15) is 32.7 Å². The van der Waals surface area contributed by atoms with E-state index in [1.165, 1.54) is 11.1 Å². The van der Waals surface area contributed by atoms with Crippen molar-refractivity contribution < 1.29 is 4.79 Å². The van der Waals surface area contributed by atoms with E-state index in [0.717, 1.165) is 23.2 Å². The van der Waals surface area contributed by atoms with Crippen molar-refractivity contribution in [2.45, 2.75) is 26.8 Å². The molecule has 1 amide bonds. The SMILES string of the molecule is Cc1cccc(C)c1Nc1ccc(C(=O)N2CCc3ccccc3C2)nn1. The minimum Gasteiger partial charge on any atom is -0.338 e. The van der Waals surface area contributed by atoms with E-state index in [1.807, 2.05) is 29.2 Å². The first-order valence-corrected chi connectivity index (χ1v) is 9.15. The van der Waals surface area contributed by atoms with E-state index in [2.05, 4.69) is 53.6 Å². The van der Waals surface area contributed by atoms with Crippen LogP contribution >= 0.6 is 0 Å². The largest absolute Gasteiger partial charge is 0.338 e. The number of para-hydroxylation sites is 1. The molecule has 1 aliphatic rings. The van der Waals surface area contributed by atoms with Crippen molar-refractivity contribution in [2.24, 2.45) is 0 Å². The van der Waals surface area contributed by atoms with Crippen LogP contribution in [0.4, 0.5) is 11.5 Å². The zero-order valence-corrected chi connectivity index (χ0v) is 15.6. The van der Waals surface area contributed by atoms with Gasteiger partial charge in [0.05, 0.1) is 0 Å². The average Bonchev–Trinajstić information content (AvgIpc) is 2.70. The van der Waals surface area contributed by atoms with E-state index in [4.69, 9.17) is 0 Å². The molecule has 1 aromatic heterocycles. The molecule has 0 aliphatic carbocycles. The second kappa shape index (κ2) is 7.19. The van der Waals surface area contributed by atoms with Gasteiger partial charge in [-0.15, -0.1) is 10.2 Å². The van der Waals surface area contributed by atoms with E-state index >= 15 is 0 Å². The Morgan fingerprint density at radius 3 is 2.37 bits per heavy atom. The Balaban J connectivity index is 1.48. The molecule has 1 N–H and O–H groups in total. The first-order valence-electron chi connectivity index (χ1n) is 9.15. The van der Waals surface area contributed by atoms with Crippen molar-refractivity contribution in [3.05, 3.63) is 82.5 Å². The molecule has 0 spiro atoms. The second-order valence-corrected chi connectivity index (χ2v) is 6.94. The third kappa shape index (κ3) is 3.53. The number of amides is 1. The Hall–Kier alpha value is -3.21. The summed E-state index contributed by atoms with van der Waals surface area (Å²) in [5.41, 5.74) is 6.21. The standard InChI is InChI=1S/C22H22N4O/c1-15-6-5-7-16(2)21(15)23-20-11-10-19(24-25-20)22(27)26-13-12-17-8-3-4-9-18(17)14-26/h3-11H,12-14H2,1-2H3,(H,23,25). The highest BCUT2D eigenvalue weighted by Crippen LogP contribution is 2.23. The number of anilines is 2. The summed E-state index contributed by atoms with van der Waals surface area (Å²) in [5.74, 6) is 0.559. The highest BCUT2D eigenvalue weighted by atomic mass is 16.2. The Labute approximate surface area is 159 Å². The molecule has 3 aromatic rings. The minimum atomic E-state index is -0.0735. The lowest BCUT2D eigenvalue weighted by atomic mass is 10.00. The van der Waals surface area contributed by atoms with E-state index in [0.29, 0.717) is 24.6 Å².